The molecule has 0 bridgehead atoms. The third-order valence-corrected chi connectivity index (χ3v) is 1.83. The molecule has 78 valence electrons. The van der Waals surface area contributed by atoms with Gasteiger partial charge in [-0.1, -0.05) is 5.92 Å². The Morgan fingerprint density at radius 3 is 2.93 bits per heavy atom. The van der Waals surface area contributed by atoms with Crippen molar-refractivity contribution in [3.05, 3.63) is 12.3 Å². The lowest BCUT2D eigenvalue weighted by Crippen LogP contribution is -2.16. The molecule has 14 heavy (non-hydrogen) atoms. The second kappa shape index (κ2) is 8.49. The van der Waals surface area contributed by atoms with Crippen molar-refractivity contribution in [2.45, 2.75) is 25.9 Å². The van der Waals surface area contributed by atoms with Gasteiger partial charge in [-0.15, -0.1) is 6.42 Å². The molecule has 3 heteroatoms. The smallest absolute Gasteiger partial charge is 0.0805 e. The van der Waals surface area contributed by atoms with Crippen LogP contribution in [0.1, 0.15) is 19.8 Å². The molecule has 0 aromatic rings. The van der Waals surface area contributed by atoms with Crippen LogP contribution in [0.3, 0.4) is 0 Å². The van der Waals surface area contributed by atoms with Crippen LogP contribution in [0.15, 0.2) is 17.3 Å². The topological polar surface area (TPSA) is 41.8 Å². The summed E-state index contributed by atoms with van der Waals surface area (Å²) in [6.45, 7) is 1.97. The molecule has 0 heterocycles. The summed E-state index contributed by atoms with van der Waals surface area (Å²) in [5.74, 6) is 2.36. The first-order valence-corrected chi connectivity index (χ1v) is 4.52. The quantitative estimate of drug-likeness (QED) is 0.514. The van der Waals surface area contributed by atoms with E-state index in [9.17, 15) is 0 Å². The number of allylic oxidation sites excluding steroid dienone is 1. The van der Waals surface area contributed by atoms with Gasteiger partial charge >= 0.3 is 0 Å². The number of hydrogen-bond acceptors (Lipinski definition) is 3. The molecular weight excluding hydrogens is 178 g/mol. The maximum atomic E-state index is 8.85. The number of ether oxygens (including phenoxy) is 1. The Kier molecular flexibility index (Phi) is 7.81. The second-order valence-corrected chi connectivity index (χ2v) is 2.93. The maximum Gasteiger partial charge on any atom is 0.0805 e. The van der Waals surface area contributed by atoms with Crippen LogP contribution in [0.2, 0.25) is 0 Å². The van der Waals surface area contributed by atoms with E-state index in [1.807, 2.05) is 6.92 Å². The number of terminal acetylenes is 1. The number of methoxy groups -OCH3 is 1. The van der Waals surface area contributed by atoms with Gasteiger partial charge in [0.2, 0.25) is 0 Å². The van der Waals surface area contributed by atoms with Gasteiger partial charge in [-0.05, 0) is 19.8 Å². The molecule has 0 aliphatic rings. The van der Waals surface area contributed by atoms with Gasteiger partial charge in [-0.3, -0.25) is 4.99 Å². The van der Waals surface area contributed by atoms with Crippen LogP contribution in [-0.4, -0.2) is 30.6 Å². The Morgan fingerprint density at radius 1 is 1.71 bits per heavy atom. The highest BCUT2D eigenvalue weighted by Crippen LogP contribution is 2.02. The molecule has 0 spiro atoms. The minimum atomic E-state index is -0.100. The monoisotopic (exact) mass is 195 g/mol. The van der Waals surface area contributed by atoms with Crippen LogP contribution in [0.4, 0.5) is 0 Å². The summed E-state index contributed by atoms with van der Waals surface area (Å²) in [6, 6.07) is 0. The van der Waals surface area contributed by atoms with Gasteiger partial charge in [0.05, 0.1) is 12.7 Å². The SMILES string of the molecule is C#C/C=C\N=C(/C)CC[C@@H](CO)OC. The highest BCUT2D eigenvalue weighted by atomic mass is 16.5. The first-order chi connectivity index (χ1) is 6.74. The number of aliphatic imine (C=N–C) groups is 1. The van der Waals surface area contributed by atoms with E-state index >= 15 is 0 Å². The maximum absolute atomic E-state index is 8.85. The van der Waals surface area contributed by atoms with Gasteiger partial charge in [0, 0.05) is 25.1 Å². The molecule has 1 N–H and O–H groups in total. The van der Waals surface area contributed by atoms with Crippen molar-refractivity contribution < 1.29 is 9.84 Å². The molecule has 0 radical (unpaired) electrons. The highest BCUT2D eigenvalue weighted by molar-refractivity contribution is 5.82. The normalized spacial score (nSPS) is 14.3. The van der Waals surface area contributed by atoms with E-state index in [-0.39, 0.29) is 12.7 Å². The first-order valence-electron chi connectivity index (χ1n) is 4.52. The summed E-state index contributed by atoms with van der Waals surface area (Å²) in [7, 11) is 1.59. The molecule has 0 unspecified atom stereocenters. The van der Waals surface area contributed by atoms with Crippen LogP contribution < -0.4 is 0 Å². The zero-order valence-corrected chi connectivity index (χ0v) is 8.73. The standard InChI is InChI=1S/C11H17NO2/c1-4-5-8-12-10(2)6-7-11(9-13)14-3/h1,5,8,11,13H,6-7,9H2,2-3H3/b8-5-,12-10+/t11-/m0/s1. The molecule has 0 amide bonds. The predicted octanol–water partition coefficient (Wildman–Crippen LogP) is 1.38. The van der Waals surface area contributed by atoms with Gasteiger partial charge in [-0.2, -0.15) is 0 Å². The lowest BCUT2D eigenvalue weighted by Gasteiger charge is -2.10. The summed E-state index contributed by atoms with van der Waals surface area (Å²) in [5.41, 5.74) is 0.979. The van der Waals surface area contributed by atoms with Crippen LogP contribution in [0.5, 0.6) is 0 Å². The van der Waals surface area contributed by atoms with Crippen molar-refractivity contribution in [3.63, 3.8) is 0 Å². The van der Waals surface area contributed by atoms with E-state index in [0.29, 0.717) is 0 Å². The lowest BCUT2D eigenvalue weighted by atomic mass is 10.1. The molecule has 0 rings (SSSR count). The van der Waals surface area contributed by atoms with Gasteiger partial charge < -0.3 is 9.84 Å². The third kappa shape index (κ3) is 6.41. The van der Waals surface area contributed by atoms with Gasteiger partial charge in [-0.25, -0.2) is 0 Å². The Labute approximate surface area is 85.5 Å². The summed E-state index contributed by atoms with van der Waals surface area (Å²) in [6.07, 6.45) is 9.63. The Balaban J connectivity index is 3.83. The van der Waals surface area contributed by atoms with Gasteiger partial charge in [0.25, 0.3) is 0 Å². The number of hydrogen-bond donors (Lipinski definition) is 1. The number of nitrogens with zero attached hydrogens (tertiary/aromatic N) is 1. The average Bonchev–Trinajstić information content (AvgIpc) is 2.20. The van der Waals surface area contributed by atoms with Crippen molar-refractivity contribution in [3.8, 4) is 12.3 Å². The van der Waals surface area contributed by atoms with Crippen LogP contribution in [-0.2, 0) is 4.74 Å². The molecule has 3 nitrogen and oxygen atoms in total. The third-order valence-electron chi connectivity index (χ3n) is 1.83. The number of aliphatic hydroxyl groups is 1. The molecule has 0 aliphatic heterocycles. The van der Waals surface area contributed by atoms with Crippen molar-refractivity contribution in [1.82, 2.24) is 0 Å². The summed E-state index contributed by atoms with van der Waals surface area (Å²) >= 11 is 0. The van der Waals surface area contributed by atoms with Crippen LogP contribution in [0.25, 0.3) is 0 Å². The number of aliphatic hydroxyl groups excluding tert-OH is 1. The molecule has 0 aromatic carbocycles. The Hall–Kier alpha value is -1.11. The lowest BCUT2D eigenvalue weighted by molar-refractivity contribution is 0.0447. The Morgan fingerprint density at radius 2 is 2.43 bits per heavy atom. The minimum Gasteiger partial charge on any atom is -0.394 e. The van der Waals surface area contributed by atoms with E-state index < -0.39 is 0 Å². The highest BCUT2D eigenvalue weighted by Gasteiger charge is 2.04. The van der Waals surface area contributed by atoms with Crippen molar-refractivity contribution in [2.75, 3.05) is 13.7 Å². The fourth-order valence-electron chi connectivity index (χ4n) is 0.926. The van der Waals surface area contributed by atoms with Crippen molar-refractivity contribution >= 4 is 5.71 Å². The van der Waals surface area contributed by atoms with Crippen molar-refractivity contribution in [1.29, 1.82) is 0 Å². The number of rotatable bonds is 6. The van der Waals surface area contributed by atoms with E-state index in [4.69, 9.17) is 16.3 Å². The predicted molar refractivity (Wildman–Crippen MR) is 58.2 cm³/mol. The minimum absolute atomic E-state index is 0.0456. The Bertz CT molecular complexity index is 234. The van der Waals surface area contributed by atoms with E-state index in [2.05, 4.69) is 10.9 Å². The van der Waals surface area contributed by atoms with Crippen molar-refractivity contribution in [2.24, 2.45) is 4.99 Å². The zero-order chi connectivity index (χ0) is 10.8. The first kappa shape index (κ1) is 12.9. The summed E-state index contributed by atoms with van der Waals surface area (Å²) in [5, 5.41) is 8.85. The van der Waals surface area contributed by atoms with E-state index in [0.717, 1.165) is 18.6 Å². The molecular formula is C11H17NO2. The summed E-state index contributed by atoms with van der Waals surface area (Å²) in [4.78, 5) is 4.11. The zero-order valence-electron chi connectivity index (χ0n) is 8.73. The van der Waals surface area contributed by atoms with E-state index in [1.165, 1.54) is 0 Å². The second-order valence-electron chi connectivity index (χ2n) is 2.93. The van der Waals surface area contributed by atoms with E-state index in [1.54, 1.807) is 19.4 Å². The fourth-order valence-corrected chi connectivity index (χ4v) is 0.926. The summed E-state index contributed by atoms with van der Waals surface area (Å²) < 4.78 is 5.02. The average molecular weight is 195 g/mol. The van der Waals surface area contributed by atoms with Gasteiger partial charge in [0.1, 0.15) is 0 Å². The molecule has 0 fully saturated rings. The van der Waals surface area contributed by atoms with Gasteiger partial charge in [0.15, 0.2) is 0 Å². The fraction of sp³-hybridized carbons (Fsp3) is 0.545. The van der Waals surface area contributed by atoms with Crippen LogP contribution in [0, 0.1) is 12.3 Å². The molecule has 0 saturated heterocycles. The molecule has 1 atom stereocenters. The molecule has 0 saturated carbocycles. The molecule has 0 aliphatic carbocycles. The molecule has 0 aromatic heterocycles. The largest absolute Gasteiger partial charge is 0.394 e. The van der Waals surface area contributed by atoms with Crippen LogP contribution >= 0.6 is 0 Å².